The molecule has 5 amide bonds. The number of carbonyl (C=O) groups excluding carboxylic acids is 7. The molecule has 7 N–H and O–H groups in total. The summed E-state index contributed by atoms with van der Waals surface area (Å²) in [6.07, 6.45) is 1.31. The lowest BCUT2D eigenvalue weighted by atomic mass is 9.81. The van der Waals surface area contributed by atoms with Crippen LogP contribution < -0.4 is 37.5 Å². The molecule has 24 heteroatoms. The number of aryl methyl sites for hydroxylation is 2. The number of aliphatic hydroxyl groups is 1. The minimum absolute atomic E-state index is 0.0304. The summed E-state index contributed by atoms with van der Waals surface area (Å²) >= 11 is 0. The van der Waals surface area contributed by atoms with E-state index in [1.165, 1.54) is 10.6 Å². The molecule has 3 aromatic heterocycles. The third-order valence-electron chi connectivity index (χ3n) is 14.0. The number of pyridine rings is 2. The largest absolute Gasteiger partial charge is 0.458 e. The molecule has 0 radical (unpaired) electrons. The van der Waals surface area contributed by atoms with E-state index in [9.17, 15) is 43.5 Å². The molecule has 0 fully saturated rings. The summed E-state index contributed by atoms with van der Waals surface area (Å²) in [6.45, 7) is 2.88. The number of esters is 1. The summed E-state index contributed by atoms with van der Waals surface area (Å²) in [5.41, 5.74) is 3.24. The van der Waals surface area contributed by atoms with E-state index in [0.29, 0.717) is 80.9 Å². The fourth-order valence-electron chi connectivity index (χ4n) is 9.95. The Kier molecular flexibility index (Phi) is 16.1. The first-order chi connectivity index (χ1) is 37.5. The quantitative estimate of drug-likeness (QED) is 0.0225. The van der Waals surface area contributed by atoms with E-state index >= 15 is 4.39 Å². The Labute approximate surface area is 444 Å². The number of aromatic nitrogens is 6. The highest BCUT2D eigenvalue weighted by atomic mass is 19.1. The lowest BCUT2D eigenvalue weighted by Gasteiger charge is -2.31. The molecule has 2 aliphatic heterocycles. The minimum atomic E-state index is -2.05. The van der Waals surface area contributed by atoms with Crippen molar-refractivity contribution >= 4 is 52.7 Å². The molecule has 0 bridgehead atoms. The van der Waals surface area contributed by atoms with Crippen LogP contribution in [-0.2, 0) is 81.1 Å². The van der Waals surface area contributed by atoms with Crippen LogP contribution in [0.4, 0.5) is 4.39 Å². The molecule has 5 heterocycles. The zero-order valence-corrected chi connectivity index (χ0v) is 42.7. The van der Waals surface area contributed by atoms with Crippen LogP contribution in [0, 0.1) is 19.7 Å². The fraction of sp³-hybridized carbons (Fsp3) is 0.352. The number of aldehydes is 1. The van der Waals surface area contributed by atoms with Gasteiger partial charge in [-0.15, -0.1) is 20.4 Å². The highest BCUT2D eigenvalue weighted by Crippen LogP contribution is 2.46. The van der Waals surface area contributed by atoms with Crippen LogP contribution >= 0.6 is 0 Å². The van der Waals surface area contributed by atoms with E-state index in [0.717, 1.165) is 11.1 Å². The highest BCUT2D eigenvalue weighted by molar-refractivity contribution is 5.94. The normalized spacial score (nSPS) is 16.6. The number of fused-ring (bicyclic) bond motifs is 5. The van der Waals surface area contributed by atoms with Crippen LogP contribution in [0.25, 0.3) is 33.7 Å². The molecule has 9 rings (SSSR count). The third kappa shape index (κ3) is 11.5. The fourth-order valence-corrected chi connectivity index (χ4v) is 9.95. The van der Waals surface area contributed by atoms with E-state index in [1.807, 2.05) is 0 Å². The van der Waals surface area contributed by atoms with Crippen molar-refractivity contribution in [3.63, 3.8) is 0 Å². The van der Waals surface area contributed by atoms with Crippen LogP contribution in [0.15, 0.2) is 71.5 Å². The zero-order valence-electron chi connectivity index (χ0n) is 42.7. The van der Waals surface area contributed by atoms with Crippen molar-refractivity contribution in [2.75, 3.05) is 33.0 Å². The third-order valence-corrected chi connectivity index (χ3v) is 14.0. The monoisotopic (exact) mass is 1070 g/mol. The highest BCUT2D eigenvalue weighted by Gasteiger charge is 2.46. The molecule has 1 aliphatic carbocycles. The predicted molar refractivity (Wildman–Crippen MR) is 275 cm³/mol. The van der Waals surface area contributed by atoms with Crippen molar-refractivity contribution in [2.45, 2.75) is 89.8 Å². The summed E-state index contributed by atoms with van der Waals surface area (Å²) < 4.78 is 27.6. The number of benzene rings is 3. The number of carbonyl (C=O) groups is 7. The molecule has 0 saturated heterocycles. The molecule has 4 atom stereocenters. The number of hydrogen-bond donors (Lipinski definition) is 7. The minimum Gasteiger partial charge on any atom is -0.458 e. The number of rotatable bonds is 21. The van der Waals surface area contributed by atoms with E-state index in [-0.39, 0.29) is 56.6 Å². The molecule has 6 aromatic rings. The molecule has 0 saturated carbocycles. The van der Waals surface area contributed by atoms with Gasteiger partial charge in [0, 0.05) is 41.1 Å². The average molecular weight is 1070 g/mol. The van der Waals surface area contributed by atoms with E-state index in [2.05, 4.69) is 52.3 Å². The summed E-state index contributed by atoms with van der Waals surface area (Å²) in [5, 5.41) is 43.9. The van der Waals surface area contributed by atoms with Crippen LogP contribution in [0.2, 0.25) is 0 Å². The van der Waals surface area contributed by atoms with Gasteiger partial charge in [-0.1, -0.05) is 61.5 Å². The molecular formula is C54H55FN12O11. The van der Waals surface area contributed by atoms with Crippen LogP contribution in [0.5, 0.6) is 0 Å². The number of hydrogen-bond acceptors (Lipinski definition) is 17. The van der Waals surface area contributed by atoms with Gasteiger partial charge in [-0.25, -0.2) is 14.2 Å². The second-order valence-corrected chi connectivity index (χ2v) is 19.2. The Hall–Kier alpha value is -8.74. The van der Waals surface area contributed by atoms with Crippen molar-refractivity contribution in [1.29, 1.82) is 0 Å². The molecule has 1 unspecified atom stereocenters. The smallest absolute Gasteiger partial charge is 0.343 e. The summed E-state index contributed by atoms with van der Waals surface area (Å²) in [5.74, 6) is -3.47. The second kappa shape index (κ2) is 23.2. The predicted octanol–water partition coefficient (Wildman–Crippen LogP) is 0.636. The number of ether oxygens (including phenoxy) is 2. The maximum atomic E-state index is 15.4. The summed E-state index contributed by atoms with van der Waals surface area (Å²) in [4.78, 5) is 109. The Morgan fingerprint density at radius 1 is 0.897 bits per heavy atom. The van der Waals surface area contributed by atoms with Crippen molar-refractivity contribution in [3.8, 4) is 22.8 Å². The molecule has 404 valence electrons. The van der Waals surface area contributed by atoms with Gasteiger partial charge >= 0.3 is 5.97 Å². The van der Waals surface area contributed by atoms with Crippen molar-refractivity contribution in [1.82, 2.24) is 61.8 Å². The van der Waals surface area contributed by atoms with Gasteiger partial charge in [0.1, 0.15) is 38.1 Å². The number of amides is 5. The molecule has 3 aromatic carbocycles. The van der Waals surface area contributed by atoms with E-state index in [1.54, 1.807) is 81.4 Å². The average Bonchev–Trinajstić information content (AvgIpc) is 3.83. The number of cyclic esters (lactones) is 1. The van der Waals surface area contributed by atoms with Gasteiger partial charge in [-0.2, -0.15) is 0 Å². The lowest BCUT2D eigenvalue weighted by molar-refractivity contribution is -0.172. The maximum Gasteiger partial charge on any atom is 0.343 e. The molecular weight excluding hydrogens is 1010 g/mol. The molecule has 3 aliphatic rings. The van der Waals surface area contributed by atoms with Gasteiger partial charge in [0.15, 0.2) is 11.4 Å². The van der Waals surface area contributed by atoms with Crippen LogP contribution in [0.3, 0.4) is 0 Å². The Balaban J connectivity index is 0.756. The van der Waals surface area contributed by atoms with Crippen molar-refractivity contribution < 1.29 is 52.5 Å². The van der Waals surface area contributed by atoms with Gasteiger partial charge in [0.2, 0.25) is 35.4 Å². The Morgan fingerprint density at radius 2 is 1.65 bits per heavy atom. The summed E-state index contributed by atoms with van der Waals surface area (Å²) in [7, 11) is 0. The lowest BCUT2D eigenvalue weighted by Crippen LogP contribution is -2.52. The number of halogens is 1. The van der Waals surface area contributed by atoms with Gasteiger partial charge < -0.3 is 55.8 Å². The van der Waals surface area contributed by atoms with Gasteiger partial charge in [0.25, 0.3) is 5.56 Å². The number of nitrogens with zero attached hydrogens (tertiary/aromatic N) is 6. The van der Waals surface area contributed by atoms with Crippen LogP contribution in [0.1, 0.15) is 76.1 Å². The van der Waals surface area contributed by atoms with Gasteiger partial charge in [-0.05, 0) is 67.0 Å². The first kappa shape index (κ1) is 54.1. The number of nitrogens with one attached hydrogen (secondary N) is 6. The molecule has 23 nitrogen and oxygen atoms in total. The SMILES string of the molecule is CC[C@@]1(O)C(=O)OCc2c1cc1n(c2=O)Cc2c-1nc1cc(F)c(C)c3c1c2[C@@H](NC(=O)COCNC(=O)CNC(=O)[C@H](Cc1ccccc1)NC(=O)CNCC(C=O)NC(=O)Cc1ccc(-c2nnc(C)nn2)cc1)CC3. The van der Waals surface area contributed by atoms with Crippen LogP contribution in [-0.4, -0.2) is 122 Å². The molecule has 78 heavy (non-hydrogen) atoms. The van der Waals surface area contributed by atoms with Gasteiger partial charge in [0.05, 0.1) is 60.6 Å². The first-order valence-corrected chi connectivity index (χ1v) is 25.2. The first-order valence-electron chi connectivity index (χ1n) is 25.2. The topological polar surface area (TPSA) is 317 Å². The maximum absolute atomic E-state index is 15.4. The van der Waals surface area contributed by atoms with Crippen molar-refractivity contribution in [2.24, 2.45) is 0 Å². The Bertz CT molecular complexity index is 3420. The van der Waals surface area contributed by atoms with Gasteiger partial charge in [-0.3, -0.25) is 28.8 Å². The Morgan fingerprint density at radius 3 is 2.38 bits per heavy atom. The standard InChI is InChI=1S/C54H55FN12O11/c1-4-54(76)37-18-42-49-35(23-67(42)52(74)36(37)25-78-53(54)75)48-39(15-14-34-28(2)38(55)19-40(62-49)47(34)48)60-46(72)26-77-27-58-44(70)22-57-51(73)41(16-30-8-6-5-7-9-30)61-45(71)21-56-20-33(24-68)59-43(69)17-31-10-12-32(13-11-31)50-65-63-29(3)64-66-50/h5-13,18-19,24,33,39,41,56,76H,4,14-17,20-23,25-27H2,1-3H3,(H,57,73)(H,58,70)(H,59,69)(H,60,72)(H,61,71)/t33?,39-,41-,54-/m0/s1. The molecule has 0 spiro atoms. The van der Waals surface area contributed by atoms with E-state index in [4.69, 9.17) is 14.5 Å². The summed E-state index contributed by atoms with van der Waals surface area (Å²) in [6, 6.07) is 15.9. The van der Waals surface area contributed by atoms with Crippen molar-refractivity contribution in [3.05, 3.63) is 133 Å². The zero-order chi connectivity index (χ0) is 55.3. The van der Waals surface area contributed by atoms with E-state index < -0.39 is 90.5 Å². The second-order valence-electron chi connectivity index (χ2n) is 19.2.